The molecule has 2 heterocycles. The molecule has 7 nitrogen and oxygen atoms in total. The Bertz CT molecular complexity index is 1290. The largest absolute Gasteiger partial charge is 0.444 e. The molecule has 1 N–H and O–H groups in total. The Hall–Kier alpha value is -3.68. The number of nitrogens with zero attached hydrogens (tertiary/aromatic N) is 3. The predicted octanol–water partition coefficient (Wildman–Crippen LogP) is 6.19. The van der Waals surface area contributed by atoms with E-state index in [9.17, 15) is 14.0 Å². The molecule has 1 atom stereocenters. The number of carbonyl (C=O) groups excluding carboxylic acids is 2. The van der Waals surface area contributed by atoms with Crippen LogP contribution < -0.4 is 5.32 Å². The molecule has 3 aromatic rings. The van der Waals surface area contributed by atoms with Crippen molar-refractivity contribution in [2.24, 2.45) is 0 Å². The molecular formula is C31H37FN4O3. The van der Waals surface area contributed by atoms with Crippen molar-refractivity contribution in [3.8, 4) is 5.69 Å². The van der Waals surface area contributed by atoms with Gasteiger partial charge in [0.25, 0.3) is 5.91 Å². The van der Waals surface area contributed by atoms with Crippen molar-refractivity contribution in [2.45, 2.75) is 76.4 Å². The van der Waals surface area contributed by atoms with Gasteiger partial charge in [-0.1, -0.05) is 30.3 Å². The summed E-state index contributed by atoms with van der Waals surface area (Å²) in [6.45, 7) is 6.92. The number of nitrogens with one attached hydrogen (secondary N) is 1. The zero-order chi connectivity index (χ0) is 27.6. The molecule has 39 heavy (non-hydrogen) atoms. The van der Waals surface area contributed by atoms with Crippen molar-refractivity contribution in [1.82, 2.24) is 20.0 Å². The van der Waals surface area contributed by atoms with Crippen LogP contribution in [0.5, 0.6) is 0 Å². The Balaban J connectivity index is 1.35. The number of aromatic nitrogens is 2. The van der Waals surface area contributed by atoms with Gasteiger partial charge in [-0.15, -0.1) is 0 Å². The van der Waals surface area contributed by atoms with E-state index in [1.54, 1.807) is 23.0 Å². The molecule has 2 amide bonds. The zero-order valence-electron chi connectivity index (χ0n) is 22.9. The van der Waals surface area contributed by atoms with E-state index < -0.39 is 11.7 Å². The second-order valence-electron chi connectivity index (χ2n) is 11.7. The lowest BCUT2D eigenvalue weighted by Gasteiger charge is -2.31. The van der Waals surface area contributed by atoms with Crippen LogP contribution in [0.25, 0.3) is 5.69 Å². The van der Waals surface area contributed by atoms with Gasteiger partial charge in [0.1, 0.15) is 11.4 Å². The number of rotatable bonds is 5. The summed E-state index contributed by atoms with van der Waals surface area (Å²) in [5.74, 6) is 0.0770. The van der Waals surface area contributed by atoms with Crippen LogP contribution in [0, 0.1) is 5.82 Å². The van der Waals surface area contributed by atoms with Crippen LogP contribution in [-0.4, -0.2) is 51.4 Å². The van der Waals surface area contributed by atoms with Crippen LogP contribution >= 0.6 is 0 Å². The van der Waals surface area contributed by atoms with Gasteiger partial charge < -0.3 is 15.0 Å². The molecule has 2 aromatic carbocycles. The molecule has 0 radical (unpaired) electrons. The number of likely N-dealkylation sites (tertiary alicyclic amines) is 1. The maximum atomic E-state index is 13.9. The highest BCUT2D eigenvalue weighted by molar-refractivity contribution is 5.95. The van der Waals surface area contributed by atoms with E-state index >= 15 is 0 Å². The van der Waals surface area contributed by atoms with Crippen molar-refractivity contribution in [3.05, 3.63) is 83.4 Å². The first-order chi connectivity index (χ1) is 18.7. The first-order valence-electron chi connectivity index (χ1n) is 13.9. The lowest BCUT2D eigenvalue weighted by Crippen LogP contribution is -2.41. The summed E-state index contributed by atoms with van der Waals surface area (Å²) in [5, 5.41) is 7.62. The Morgan fingerprint density at radius 3 is 2.31 bits per heavy atom. The maximum absolute atomic E-state index is 13.9. The smallest absolute Gasteiger partial charge is 0.407 e. The van der Waals surface area contributed by atoms with Crippen LogP contribution in [0.1, 0.15) is 86.3 Å². The molecule has 1 aromatic heterocycles. The van der Waals surface area contributed by atoms with Crippen molar-refractivity contribution < 1.29 is 18.7 Å². The first-order valence-corrected chi connectivity index (χ1v) is 13.9. The normalized spacial score (nSPS) is 21.5. The fourth-order valence-electron chi connectivity index (χ4n) is 5.80. The van der Waals surface area contributed by atoms with Crippen LogP contribution in [0.4, 0.5) is 9.18 Å². The summed E-state index contributed by atoms with van der Waals surface area (Å²) in [4.78, 5) is 28.1. The first kappa shape index (κ1) is 26.9. The molecule has 1 saturated carbocycles. The van der Waals surface area contributed by atoms with E-state index in [1.165, 1.54) is 17.7 Å². The number of hydrogen-bond donors (Lipinski definition) is 1. The van der Waals surface area contributed by atoms with Crippen molar-refractivity contribution in [3.63, 3.8) is 0 Å². The van der Waals surface area contributed by atoms with Crippen LogP contribution in [0.2, 0.25) is 0 Å². The monoisotopic (exact) mass is 532 g/mol. The third-order valence-electron chi connectivity index (χ3n) is 7.69. The molecule has 8 heteroatoms. The molecule has 2 fully saturated rings. The highest BCUT2D eigenvalue weighted by Crippen LogP contribution is 2.37. The fourth-order valence-corrected chi connectivity index (χ4v) is 5.80. The molecule has 1 aliphatic heterocycles. The second kappa shape index (κ2) is 11.2. The third kappa shape index (κ3) is 6.32. The van der Waals surface area contributed by atoms with Gasteiger partial charge in [0.15, 0.2) is 0 Å². The van der Waals surface area contributed by atoms with Gasteiger partial charge in [0.2, 0.25) is 0 Å². The summed E-state index contributed by atoms with van der Waals surface area (Å²) < 4.78 is 20.9. The van der Waals surface area contributed by atoms with Gasteiger partial charge >= 0.3 is 6.09 Å². The molecule has 1 aliphatic carbocycles. The highest BCUT2D eigenvalue weighted by Gasteiger charge is 2.34. The van der Waals surface area contributed by atoms with Crippen molar-refractivity contribution >= 4 is 12.0 Å². The summed E-state index contributed by atoms with van der Waals surface area (Å²) in [5.41, 5.74) is 2.91. The van der Waals surface area contributed by atoms with E-state index in [4.69, 9.17) is 4.74 Å². The van der Waals surface area contributed by atoms with E-state index in [0.717, 1.165) is 43.5 Å². The van der Waals surface area contributed by atoms with E-state index in [-0.39, 0.29) is 23.7 Å². The Kier molecular flexibility index (Phi) is 7.73. The standard InChI is InChI=1S/C31H37FN4O3/c1-31(2,3)39-30(38)34-25-13-9-22(10-14-25)28-27(19-33-36(28)26-15-11-24(32)12-16-26)29(37)35-18-17-23(20-35)21-7-5-4-6-8-21/h4-8,11-12,15-16,19,22-23,25H,9-10,13-14,17-18,20H2,1-3H3,(H,34,38)/t22?,23-,25?/m0/s1. The molecular weight excluding hydrogens is 495 g/mol. The third-order valence-corrected chi connectivity index (χ3v) is 7.69. The molecule has 1 saturated heterocycles. The number of ether oxygens (including phenoxy) is 1. The van der Waals surface area contributed by atoms with Gasteiger partial charge in [0.05, 0.1) is 23.1 Å². The molecule has 0 bridgehead atoms. The quantitative estimate of drug-likeness (QED) is 0.425. The average molecular weight is 533 g/mol. The summed E-state index contributed by atoms with van der Waals surface area (Å²) in [6, 6.07) is 16.6. The SMILES string of the molecule is CC(C)(C)OC(=O)NC1CCC(c2c(C(=O)N3CC[C@H](c4ccccc4)C3)cnn2-c2ccc(F)cc2)CC1. The van der Waals surface area contributed by atoms with Gasteiger partial charge in [-0.3, -0.25) is 4.79 Å². The topological polar surface area (TPSA) is 76.5 Å². The number of halogens is 1. The second-order valence-corrected chi connectivity index (χ2v) is 11.7. The minimum atomic E-state index is -0.548. The lowest BCUT2D eigenvalue weighted by atomic mass is 9.82. The minimum Gasteiger partial charge on any atom is -0.444 e. The van der Waals surface area contributed by atoms with E-state index in [1.807, 2.05) is 43.9 Å². The molecule has 206 valence electrons. The summed E-state index contributed by atoms with van der Waals surface area (Å²) in [7, 11) is 0. The highest BCUT2D eigenvalue weighted by atomic mass is 19.1. The van der Waals surface area contributed by atoms with Crippen molar-refractivity contribution in [2.75, 3.05) is 13.1 Å². The Morgan fingerprint density at radius 2 is 1.64 bits per heavy atom. The minimum absolute atomic E-state index is 0.00852. The zero-order valence-corrected chi connectivity index (χ0v) is 22.9. The number of hydrogen-bond acceptors (Lipinski definition) is 4. The Morgan fingerprint density at radius 1 is 0.949 bits per heavy atom. The van der Waals surface area contributed by atoms with Gasteiger partial charge in [0, 0.05) is 31.0 Å². The molecule has 2 aliphatic rings. The average Bonchev–Trinajstić information content (AvgIpc) is 3.57. The lowest BCUT2D eigenvalue weighted by molar-refractivity contribution is 0.0491. The molecule has 5 rings (SSSR count). The molecule has 0 unspecified atom stereocenters. The van der Waals surface area contributed by atoms with Gasteiger partial charge in [-0.2, -0.15) is 5.10 Å². The number of carbonyl (C=O) groups is 2. The predicted molar refractivity (Wildman–Crippen MR) is 148 cm³/mol. The van der Waals surface area contributed by atoms with Gasteiger partial charge in [-0.25, -0.2) is 13.9 Å². The van der Waals surface area contributed by atoms with Crippen molar-refractivity contribution in [1.29, 1.82) is 0 Å². The number of amides is 2. The van der Waals surface area contributed by atoms with Crippen LogP contribution in [-0.2, 0) is 4.74 Å². The van der Waals surface area contributed by atoms with E-state index in [2.05, 4.69) is 22.5 Å². The molecule has 0 spiro atoms. The van der Waals surface area contributed by atoms with Crippen LogP contribution in [0.15, 0.2) is 60.8 Å². The number of benzene rings is 2. The fraction of sp³-hybridized carbons (Fsp3) is 0.452. The maximum Gasteiger partial charge on any atom is 0.407 e. The summed E-state index contributed by atoms with van der Waals surface area (Å²) in [6.07, 6.45) is 5.32. The Labute approximate surface area is 229 Å². The van der Waals surface area contributed by atoms with E-state index in [0.29, 0.717) is 24.6 Å². The number of alkyl carbamates (subject to hydrolysis) is 1. The van der Waals surface area contributed by atoms with Crippen LogP contribution in [0.3, 0.4) is 0 Å². The summed E-state index contributed by atoms with van der Waals surface area (Å²) >= 11 is 0. The van der Waals surface area contributed by atoms with Gasteiger partial charge in [-0.05, 0) is 82.7 Å².